The van der Waals surface area contributed by atoms with Gasteiger partial charge in [0.25, 0.3) is 0 Å². The van der Waals surface area contributed by atoms with Crippen LogP contribution in [0.3, 0.4) is 0 Å². The van der Waals surface area contributed by atoms with Gasteiger partial charge in [-0.3, -0.25) is 4.98 Å². The van der Waals surface area contributed by atoms with Crippen LogP contribution in [0.1, 0.15) is 24.5 Å². The molecule has 1 unspecified atom stereocenters. The maximum Gasteiger partial charge on any atom is 0.191 e. The number of aliphatic imine (C=N–C) groups is 1. The third-order valence-electron chi connectivity index (χ3n) is 4.45. The van der Waals surface area contributed by atoms with E-state index in [9.17, 15) is 0 Å². The van der Waals surface area contributed by atoms with Gasteiger partial charge in [-0.1, -0.05) is 12.1 Å². The van der Waals surface area contributed by atoms with Crippen molar-refractivity contribution in [3.63, 3.8) is 0 Å². The van der Waals surface area contributed by atoms with E-state index < -0.39 is 0 Å². The maximum absolute atomic E-state index is 6.17. The van der Waals surface area contributed by atoms with Crippen LogP contribution in [0.2, 0.25) is 0 Å². The number of pyridine rings is 1. The van der Waals surface area contributed by atoms with Gasteiger partial charge in [-0.2, -0.15) is 0 Å². The number of benzene rings is 1. The van der Waals surface area contributed by atoms with Crippen molar-refractivity contribution in [2.45, 2.75) is 32.9 Å². The highest BCUT2D eigenvalue weighted by atomic mass is 127. The van der Waals surface area contributed by atoms with Crippen molar-refractivity contribution in [1.29, 1.82) is 0 Å². The molecule has 2 aromatic rings. The van der Waals surface area contributed by atoms with Crippen LogP contribution >= 0.6 is 24.0 Å². The Bertz CT molecular complexity index is 783. The lowest BCUT2D eigenvalue weighted by atomic mass is 10.1. The number of rotatable bonds is 9. The molecule has 1 aromatic carbocycles. The lowest BCUT2D eigenvalue weighted by molar-refractivity contribution is 0.140. The van der Waals surface area contributed by atoms with E-state index in [2.05, 4.69) is 40.7 Å². The van der Waals surface area contributed by atoms with Crippen molar-refractivity contribution in [2.24, 2.45) is 4.99 Å². The SMILES string of the molecule is CCNC(=NCc1ccc(C)cc1OC1CCOC1)NCCOc1cccnc1.I. The molecule has 0 bridgehead atoms. The standard InChI is InChI=1S/C22H30N4O3.HI/c1-3-24-22(25-10-12-28-19-5-4-9-23-15-19)26-14-18-7-6-17(2)13-21(18)29-20-8-11-27-16-20;/h4-7,9,13,15,20H,3,8,10-12,14,16H2,1-2H3,(H2,24,25,26);1H. The Morgan fingerprint density at radius 1 is 1.30 bits per heavy atom. The van der Waals surface area contributed by atoms with Crippen molar-refractivity contribution in [3.05, 3.63) is 53.9 Å². The average molecular weight is 526 g/mol. The molecule has 3 rings (SSSR count). The highest BCUT2D eigenvalue weighted by molar-refractivity contribution is 14.0. The molecule has 0 radical (unpaired) electrons. The number of aryl methyl sites for hydroxylation is 1. The van der Waals surface area contributed by atoms with Gasteiger partial charge in [0.15, 0.2) is 5.96 Å². The third-order valence-corrected chi connectivity index (χ3v) is 4.45. The summed E-state index contributed by atoms with van der Waals surface area (Å²) in [7, 11) is 0. The maximum atomic E-state index is 6.17. The van der Waals surface area contributed by atoms with Crippen LogP contribution in [0.4, 0.5) is 0 Å². The first-order valence-electron chi connectivity index (χ1n) is 10.1. The van der Waals surface area contributed by atoms with E-state index in [-0.39, 0.29) is 30.1 Å². The molecule has 1 aliphatic rings. The van der Waals surface area contributed by atoms with Crippen molar-refractivity contribution in [2.75, 3.05) is 32.9 Å². The summed E-state index contributed by atoms with van der Waals surface area (Å²) in [4.78, 5) is 8.75. The molecule has 1 saturated heterocycles. The van der Waals surface area contributed by atoms with Crippen LogP contribution in [0.25, 0.3) is 0 Å². The van der Waals surface area contributed by atoms with Crippen LogP contribution in [0, 0.1) is 6.92 Å². The zero-order valence-corrected chi connectivity index (χ0v) is 19.9. The van der Waals surface area contributed by atoms with Crippen LogP contribution < -0.4 is 20.1 Å². The normalized spacial score (nSPS) is 15.9. The Labute approximate surface area is 195 Å². The molecular formula is C22H31IN4O3. The lowest BCUT2D eigenvalue weighted by Gasteiger charge is -2.16. The Morgan fingerprint density at radius 2 is 2.20 bits per heavy atom. The molecule has 2 heterocycles. The molecule has 2 N–H and O–H groups in total. The molecule has 30 heavy (non-hydrogen) atoms. The van der Waals surface area contributed by atoms with Crippen molar-refractivity contribution in [1.82, 2.24) is 15.6 Å². The number of nitrogens with zero attached hydrogens (tertiary/aromatic N) is 2. The summed E-state index contributed by atoms with van der Waals surface area (Å²) in [5, 5.41) is 6.56. The van der Waals surface area contributed by atoms with E-state index in [4.69, 9.17) is 19.2 Å². The molecule has 0 amide bonds. The molecule has 1 aromatic heterocycles. The number of hydrogen-bond donors (Lipinski definition) is 2. The van der Waals surface area contributed by atoms with E-state index in [0.29, 0.717) is 26.3 Å². The van der Waals surface area contributed by atoms with Crippen molar-refractivity contribution >= 4 is 29.9 Å². The van der Waals surface area contributed by atoms with Gasteiger partial charge in [0.05, 0.1) is 32.5 Å². The molecule has 164 valence electrons. The minimum atomic E-state index is 0. The molecule has 0 aliphatic carbocycles. The topological polar surface area (TPSA) is 77.0 Å². The second-order valence-electron chi connectivity index (χ2n) is 6.87. The summed E-state index contributed by atoms with van der Waals surface area (Å²) in [6.07, 6.45) is 4.48. The second-order valence-corrected chi connectivity index (χ2v) is 6.87. The summed E-state index contributed by atoms with van der Waals surface area (Å²) in [5.41, 5.74) is 2.23. The molecular weight excluding hydrogens is 495 g/mol. The summed E-state index contributed by atoms with van der Waals surface area (Å²) in [6, 6.07) is 9.99. The predicted octanol–water partition coefficient (Wildman–Crippen LogP) is 3.31. The molecule has 1 aliphatic heterocycles. The lowest BCUT2D eigenvalue weighted by Crippen LogP contribution is -2.39. The van der Waals surface area contributed by atoms with Gasteiger partial charge in [0, 0.05) is 24.7 Å². The summed E-state index contributed by atoms with van der Waals surface area (Å²) < 4.78 is 17.3. The van der Waals surface area contributed by atoms with E-state index in [1.165, 1.54) is 5.56 Å². The van der Waals surface area contributed by atoms with Crippen LogP contribution in [0.5, 0.6) is 11.5 Å². The third kappa shape index (κ3) is 7.98. The van der Waals surface area contributed by atoms with Gasteiger partial charge in [0.2, 0.25) is 0 Å². The molecule has 8 heteroatoms. The van der Waals surface area contributed by atoms with Crippen molar-refractivity contribution in [3.8, 4) is 11.5 Å². The highest BCUT2D eigenvalue weighted by Gasteiger charge is 2.18. The minimum Gasteiger partial charge on any atom is -0.490 e. The molecule has 0 saturated carbocycles. The Balaban J connectivity index is 0.00000320. The predicted molar refractivity (Wildman–Crippen MR) is 129 cm³/mol. The molecule has 1 atom stereocenters. The van der Waals surface area contributed by atoms with Gasteiger partial charge in [-0.05, 0) is 37.6 Å². The first-order chi connectivity index (χ1) is 14.2. The zero-order chi connectivity index (χ0) is 20.3. The van der Waals surface area contributed by atoms with Gasteiger partial charge < -0.3 is 24.8 Å². The van der Waals surface area contributed by atoms with E-state index in [1.54, 1.807) is 12.4 Å². The number of halogens is 1. The minimum absolute atomic E-state index is 0. The Morgan fingerprint density at radius 3 is 2.93 bits per heavy atom. The van der Waals surface area contributed by atoms with E-state index >= 15 is 0 Å². The number of aromatic nitrogens is 1. The number of ether oxygens (including phenoxy) is 3. The quantitative estimate of drug-likeness (QED) is 0.226. The fourth-order valence-corrected chi connectivity index (χ4v) is 2.96. The summed E-state index contributed by atoms with van der Waals surface area (Å²) >= 11 is 0. The average Bonchev–Trinajstić information content (AvgIpc) is 3.24. The van der Waals surface area contributed by atoms with Crippen LogP contribution in [0.15, 0.2) is 47.7 Å². The van der Waals surface area contributed by atoms with Crippen molar-refractivity contribution < 1.29 is 14.2 Å². The summed E-state index contributed by atoms with van der Waals surface area (Å²) in [6.45, 7) is 8.00. The molecule has 0 spiro atoms. The number of hydrogen-bond acceptors (Lipinski definition) is 5. The fraction of sp³-hybridized carbons (Fsp3) is 0.455. The zero-order valence-electron chi connectivity index (χ0n) is 17.6. The second kappa shape index (κ2) is 13.3. The highest BCUT2D eigenvalue weighted by Crippen LogP contribution is 2.24. The monoisotopic (exact) mass is 526 g/mol. The Kier molecular flexibility index (Phi) is 10.7. The van der Waals surface area contributed by atoms with E-state index in [1.807, 2.05) is 19.1 Å². The smallest absolute Gasteiger partial charge is 0.191 e. The first kappa shape index (κ1) is 24.2. The first-order valence-corrected chi connectivity index (χ1v) is 10.1. The summed E-state index contributed by atoms with van der Waals surface area (Å²) in [5.74, 6) is 2.39. The van der Waals surface area contributed by atoms with Crippen LogP contribution in [-0.4, -0.2) is 50.0 Å². The Hall–Kier alpha value is -2.07. The molecule has 1 fully saturated rings. The van der Waals surface area contributed by atoms with Gasteiger partial charge >= 0.3 is 0 Å². The van der Waals surface area contributed by atoms with E-state index in [0.717, 1.165) is 42.6 Å². The van der Waals surface area contributed by atoms with Gasteiger partial charge in [-0.25, -0.2) is 4.99 Å². The molecule has 7 nitrogen and oxygen atoms in total. The van der Waals surface area contributed by atoms with Crippen LogP contribution in [-0.2, 0) is 11.3 Å². The fourth-order valence-electron chi connectivity index (χ4n) is 2.96. The van der Waals surface area contributed by atoms with Gasteiger partial charge in [-0.15, -0.1) is 24.0 Å². The number of guanidine groups is 1. The van der Waals surface area contributed by atoms with Gasteiger partial charge in [0.1, 0.15) is 24.2 Å². The number of nitrogens with one attached hydrogen (secondary N) is 2. The largest absolute Gasteiger partial charge is 0.490 e.